The van der Waals surface area contributed by atoms with Gasteiger partial charge >= 0.3 is 0 Å². The van der Waals surface area contributed by atoms with Gasteiger partial charge in [-0.3, -0.25) is 9.80 Å². The van der Waals surface area contributed by atoms with Crippen LogP contribution >= 0.6 is 0 Å². The zero-order valence-electron chi connectivity index (χ0n) is 15.0. The zero-order chi connectivity index (χ0) is 16.8. The van der Waals surface area contributed by atoms with Crippen LogP contribution in [0.4, 0.5) is 0 Å². The molecule has 1 N–H and O–H groups in total. The van der Waals surface area contributed by atoms with Crippen molar-refractivity contribution >= 4 is 6.08 Å². The minimum Gasteiger partial charge on any atom is -0.390 e. The summed E-state index contributed by atoms with van der Waals surface area (Å²) < 4.78 is 0. The molecule has 2 atom stereocenters. The molecule has 2 saturated heterocycles. The van der Waals surface area contributed by atoms with E-state index < -0.39 is 0 Å². The van der Waals surface area contributed by atoms with Gasteiger partial charge in [0.2, 0.25) is 0 Å². The Balaban J connectivity index is 1.52. The lowest BCUT2D eigenvalue weighted by molar-refractivity contribution is -0.00929. The minimum absolute atomic E-state index is 0.207. The van der Waals surface area contributed by atoms with Gasteiger partial charge in [0.05, 0.1) is 6.10 Å². The molecule has 1 aromatic rings. The van der Waals surface area contributed by atoms with E-state index >= 15 is 0 Å². The Labute approximate surface area is 147 Å². The van der Waals surface area contributed by atoms with Crippen molar-refractivity contribution in [3.8, 4) is 0 Å². The van der Waals surface area contributed by atoms with Crippen molar-refractivity contribution in [2.24, 2.45) is 0 Å². The van der Waals surface area contributed by atoms with E-state index in [1.165, 1.54) is 49.9 Å². The number of benzene rings is 1. The fourth-order valence-electron chi connectivity index (χ4n) is 4.21. The average molecular weight is 329 g/mol. The summed E-state index contributed by atoms with van der Waals surface area (Å²) in [5.74, 6) is 0. The van der Waals surface area contributed by atoms with E-state index in [4.69, 9.17) is 0 Å². The summed E-state index contributed by atoms with van der Waals surface area (Å²) in [6.07, 6.45) is 8.45. The van der Waals surface area contributed by atoms with Crippen LogP contribution in [0, 0.1) is 0 Å². The van der Waals surface area contributed by atoms with E-state index in [2.05, 4.69) is 53.1 Å². The van der Waals surface area contributed by atoms with Crippen molar-refractivity contribution in [2.75, 3.05) is 32.7 Å². The molecular weight excluding hydrogens is 296 g/mol. The quantitative estimate of drug-likeness (QED) is 0.918. The first kappa shape index (κ1) is 17.7. The van der Waals surface area contributed by atoms with Crippen LogP contribution in [-0.4, -0.2) is 59.8 Å². The molecule has 0 amide bonds. The van der Waals surface area contributed by atoms with E-state index in [9.17, 15) is 5.11 Å². The molecule has 0 aromatic heterocycles. The van der Waals surface area contributed by atoms with Gasteiger partial charge in [0, 0.05) is 25.7 Å². The van der Waals surface area contributed by atoms with E-state index in [-0.39, 0.29) is 6.10 Å². The zero-order valence-corrected chi connectivity index (χ0v) is 15.0. The van der Waals surface area contributed by atoms with Gasteiger partial charge in [0.15, 0.2) is 0 Å². The molecule has 3 heteroatoms. The van der Waals surface area contributed by atoms with Crippen molar-refractivity contribution in [2.45, 2.75) is 51.2 Å². The maximum Gasteiger partial charge on any atom is 0.0822 e. The van der Waals surface area contributed by atoms with Crippen molar-refractivity contribution in [3.63, 3.8) is 0 Å². The Morgan fingerprint density at radius 2 is 1.79 bits per heavy atom. The molecule has 0 aliphatic carbocycles. The normalized spacial score (nSPS) is 27.8. The molecule has 1 aromatic carbocycles. The van der Waals surface area contributed by atoms with Gasteiger partial charge in [-0.2, -0.15) is 0 Å². The van der Waals surface area contributed by atoms with Gasteiger partial charge in [0.1, 0.15) is 0 Å². The number of likely N-dealkylation sites (tertiary alicyclic amines) is 2. The number of rotatable bonds is 4. The van der Waals surface area contributed by atoms with Crippen molar-refractivity contribution in [1.29, 1.82) is 0 Å². The van der Waals surface area contributed by atoms with E-state index in [0.29, 0.717) is 6.04 Å². The highest BCUT2D eigenvalue weighted by molar-refractivity contribution is 5.52. The standard InChI is InChI=1S/C21H32N2O/c1-18(15-19-9-5-4-6-10-19)16-22-14-11-20(21(24)17-22)23-12-7-2-3-8-13-23/h4-6,9-10,15,20-21,24H,2-3,7-8,11-14,16-17H2,1H3/b18-15+/t20-,21-/m1/s1. The third-order valence-corrected chi connectivity index (χ3v) is 5.43. The van der Waals surface area contributed by atoms with Crippen LogP contribution in [0.25, 0.3) is 6.08 Å². The van der Waals surface area contributed by atoms with Crippen LogP contribution in [0.2, 0.25) is 0 Å². The molecule has 2 aliphatic rings. The first-order chi connectivity index (χ1) is 11.7. The summed E-state index contributed by atoms with van der Waals surface area (Å²) in [5, 5.41) is 10.7. The van der Waals surface area contributed by atoms with E-state index in [0.717, 1.165) is 26.1 Å². The first-order valence-corrected chi connectivity index (χ1v) is 9.59. The lowest BCUT2D eigenvalue weighted by Gasteiger charge is -2.41. The number of aliphatic hydroxyl groups is 1. The molecule has 3 nitrogen and oxygen atoms in total. The molecule has 2 aliphatic heterocycles. The molecule has 2 heterocycles. The molecule has 0 saturated carbocycles. The van der Waals surface area contributed by atoms with Crippen LogP contribution in [0.15, 0.2) is 35.9 Å². The number of hydrogen-bond acceptors (Lipinski definition) is 3. The largest absolute Gasteiger partial charge is 0.390 e. The Hall–Kier alpha value is -1.16. The van der Waals surface area contributed by atoms with Crippen molar-refractivity contribution in [1.82, 2.24) is 9.80 Å². The summed E-state index contributed by atoms with van der Waals surface area (Å²) in [7, 11) is 0. The van der Waals surface area contributed by atoms with Crippen LogP contribution in [-0.2, 0) is 0 Å². The molecule has 24 heavy (non-hydrogen) atoms. The molecule has 132 valence electrons. The second kappa shape index (κ2) is 8.80. The number of β-amino-alcohol motifs (C(OH)–C–C–N with tert-alkyl or cyclic N) is 1. The minimum atomic E-state index is -0.207. The fourth-order valence-corrected chi connectivity index (χ4v) is 4.21. The summed E-state index contributed by atoms with van der Waals surface area (Å²) in [5.41, 5.74) is 2.62. The Bertz CT molecular complexity index is 520. The lowest BCUT2D eigenvalue weighted by atomic mass is 9.99. The summed E-state index contributed by atoms with van der Waals surface area (Å²) >= 11 is 0. The SMILES string of the molecule is C/C(=C\c1ccccc1)CN1CC[C@@H](N2CCCCCC2)[C@H](O)C1. The average Bonchev–Trinajstić information content (AvgIpc) is 2.85. The highest BCUT2D eigenvalue weighted by Crippen LogP contribution is 2.22. The maximum absolute atomic E-state index is 10.7. The molecule has 0 unspecified atom stereocenters. The Morgan fingerprint density at radius 1 is 1.08 bits per heavy atom. The number of nitrogens with zero attached hydrogens (tertiary/aromatic N) is 2. The van der Waals surface area contributed by atoms with E-state index in [1.54, 1.807) is 0 Å². The molecule has 0 bridgehead atoms. The molecule has 2 fully saturated rings. The predicted octanol–water partition coefficient (Wildman–Crippen LogP) is 3.40. The number of aliphatic hydroxyl groups excluding tert-OH is 1. The van der Waals surface area contributed by atoms with Gasteiger partial charge in [-0.15, -0.1) is 0 Å². The van der Waals surface area contributed by atoms with Gasteiger partial charge in [-0.05, 0) is 44.8 Å². The highest BCUT2D eigenvalue weighted by Gasteiger charge is 2.32. The van der Waals surface area contributed by atoms with Gasteiger partial charge in [-0.1, -0.05) is 54.8 Å². The Morgan fingerprint density at radius 3 is 2.46 bits per heavy atom. The van der Waals surface area contributed by atoms with Crippen LogP contribution in [0.5, 0.6) is 0 Å². The molecule has 3 rings (SSSR count). The third kappa shape index (κ3) is 4.92. The van der Waals surface area contributed by atoms with Crippen LogP contribution < -0.4 is 0 Å². The predicted molar refractivity (Wildman–Crippen MR) is 101 cm³/mol. The monoisotopic (exact) mass is 328 g/mol. The topological polar surface area (TPSA) is 26.7 Å². The number of piperidine rings is 1. The number of hydrogen-bond donors (Lipinski definition) is 1. The van der Waals surface area contributed by atoms with Crippen molar-refractivity contribution < 1.29 is 5.11 Å². The maximum atomic E-state index is 10.7. The van der Waals surface area contributed by atoms with Crippen LogP contribution in [0.3, 0.4) is 0 Å². The summed E-state index contributed by atoms with van der Waals surface area (Å²) in [6.45, 7) is 7.40. The third-order valence-electron chi connectivity index (χ3n) is 5.43. The summed E-state index contributed by atoms with van der Waals surface area (Å²) in [6, 6.07) is 10.9. The lowest BCUT2D eigenvalue weighted by Crippen LogP contribution is -2.54. The van der Waals surface area contributed by atoms with Gasteiger partial charge in [0.25, 0.3) is 0 Å². The molecule has 0 spiro atoms. The van der Waals surface area contributed by atoms with E-state index in [1.807, 2.05) is 0 Å². The molecular formula is C21H32N2O. The smallest absolute Gasteiger partial charge is 0.0822 e. The van der Waals surface area contributed by atoms with Gasteiger partial charge in [-0.25, -0.2) is 0 Å². The Kier molecular flexibility index (Phi) is 6.47. The van der Waals surface area contributed by atoms with Crippen molar-refractivity contribution in [3.05, 3.63) is 41.5 Å². The molecule has 0 radical (unpaired) electrons. The first-order valence-electron chi connectivity index (χ1n) is 9.59. The van der Waals surface area contributed by atoms with Crippen LogP contribution in [0.1, 0.15) is 44.6 Å². The van der Waals surface area contributed by atoms with Gasteiger partial charge < -0.3 is 5.11 Å². The summed E-state index contributed by atoms with van der Waals surface area (Å²) in [4.78, 5) is 4.97. The highest BCUT2D eigenvalue weighted by atomic mass is 16.3. The second-order valence-electron chi connectivity index (χ2n) is 7.51. The fraction of sp³-hybridized carbons (Fsp3) is 0.619. The second-order valence-corrected chi connectivity index (χ2v) is 7.51.